The number of fused-ring (bicyclic) bond motifs is 3. The second kappa shape index (κ2) is 10.1. The Morgan fingerprint density at radius 3 is 2.09 bits per heavy atom. The average Bonchev–Trinajstić information content (AvgIpc) is 3.72. The summed E-state index contributed by atoms with van der Waals surface area (Å²) in [4.78, 5) is 2.24. The monoisotopic (exact) mass is 567 g/mol. The highest BCUT2D eigenvalue weighted by Gasteiger charge is 2.54. The molecule has 0 unspecified atom stereocenters. The molecule has 0 radical (unpaired) electrons. The number of aromatic nitrogens is 1. The Morgan fingerprint density at radius 2 is 1.37 bits per heavy atom. The van der Waals surface area contributed by atoms with Gasteiger partial charge < -0.3 is 22.5 Å². The van der Waals surface area contributed by atoms with Gasteiger partial charge in [-0.15, -0.1) is 0 Å². The van der Waals surface area contributed by atoms with Gasteiger partial charge in [0.05, 0.1) is 5.57 Å². The lowest BCUT2D eigenvalue weighted by Gasteiger charge is -2.33. The van der Waals surface area contributed by atoms with E-state index in [4.69, 9.17) is 0 Å². The summed E-state index contributed by atoms with van der Waals surface area (Å²) in [5, 5.41) is 0. The summed E-state index contributed by atoms with van der Waals surface area (Å²) in [5.74, 6) is 0. The van der Waals surface area contributed by atoms with Crippen LogP contribution in [0.2, 0.25) is 0 Å². The van der Waals surface area contributed by atoms with E-state index in [9.17, 15) is 0 Å². The molecule has 0 atom stereocenters. The molecule has 0 amide bonds. The molecule has 1 aromatic heterocycles. The number of rotatable bonds is 5. The number of likely N-dealkylation sites (N-methyl/N-ethyl adjacent to an activating group) is 1. The Hall–Kier alpha value is -4.97. The largest absolute Gasteiger partial charge is 0.737 e. The van der Waals surface area contributed by atoms with Crippen LogP contribution in [-0.4, -0.2) is 28.7 Å². The number of hydrogen-bond acceptors (Lipinski definition) is 1. The zero-order valence-electron chi connectivity index (χ0n) is 24.5. The van der Waals surface area contributed by atoms with Gasteiger partial charge in [0.1, 0.15) is 0 Å². The molecule has 43 heavy (non-hydrogen) atoms. The van der Waals surface area contributed by atoms with Gasteiger partial charge in [0, 0.05) is 53.0 Å². The van der Waals surface area contributed by atoms with Crippen LogP contribution in [0.1, 0.15) is 30.7 Å². The van der Waals surface area contributed by atoms with Crippen LogP contribution in [0, 0.1) is 0 Å². The van der Waals surface area contributed by atoms with E-state index in [1.807, 2.05) is 97.1 Å². The van der Waals surface area contributed by atoms with Crippen molar-refractivity contribution in [3.05, 3.63) is 168 Å². The molecular formula is C37H32BF2N3. The van der Waals surface area contributed by atoms with Crippen molar-refractivity contribution in [1.29, 1.82) is 0 Å². The van der Waals surface area contributed by atoms with E-state index in [0.717, 1.165) is 16.7 Å². The molecule has 3 nitrogen and oxygen atoms in total. The van der Waals surface area contributed by atoms with Gasteiger partial charge in [-0.1, -0.05) is 98.8 Å². The lowest BCUT2D eigenvalue weighted by Crippen LogP contribution is -2.51. The van der Waals surface area contributed by atoms with Crippen LogP contribution >= 0.6 is 0 Å². The standard InChI is InChI=1S/C37H32BF2N3/c1-37(2)30-20-13-14-21-35(30)41(3)36(37)22-12-6-11-19-29-33-25-23-31(27-15-7-4-8-16-27)42(33)38(39,40)43-32(24-26-34(29)43)28-17-9-5-10-18-28/h4-26H,1-3H3/b12-6+,19-11+,36-22-. The highest BCUT2D eigenvalue weighted by molar-refractivity contribution is 6.59. The second-order valence-electron chi connectivity index (χ2n) is 11.7. The van der Waals surface area contributed by atoms with Gasteiger partial charge in [-0.05, 0) is 53.6 Å². The van der Waals surface area contributed by atoms with Crippen LogP contribution in [-0.2, 0) is 5.41 Å². The first-order chi connectivity index (χ1) is 20.8. The lowest BCUT2D eigenvalue weighted by atomic mass is 9.84. The minimum atomic E-state index is -4.17. The number of hydrogen-bond donors (Lipinski definition) is 0. The Morgan fingerprint density at radius 1 is 0.721 bits per heavy atom. The topological polar surface area (TPSA) is 11.2 Å². The van der Waals surface area contributed by atoms with E-state index < -0.39 is 6.97 Å². The Kier molecular flexibility index (Phi) is 6.31. The van der Waals surface area contributed by atoms with E-state index in [0.29, 0.717) is 22.8 Å². The summed E-state index contributed by atoms with van der Waals surface area (Å²) >= 11 is 0. The Labute approximate surface area is 251 Å². The molecule has 3 aliphatic heterocycles. The third-order valence-corrected chi connectivity index (χ3v) is 8.83. The molecule has 3 aliphatic rings. The molecule has 7 rings (SSSR count). The molecular weight excluding hydrogens is 535 g/mol. The number of para-hydroxylation sites is 1. The van der Waals surface area contributed by atoms with Gasteiger partial charge >= 0.3 is 6.97 Å². The summed E-state index contributed by atoms with van der Waals surface area (Å²) in [6.07, 6.45) is 13.6. The van der Waals surface area contributed by atoms with Crippen LogP contribution in [0.25, 0.3) is 16.8 Å². The summed E-state index contributed by atoms with van der Waals surface area (Å²) < 4.78 is 35.8. The molecule has 6 heteroatoms. The summed E-state index contributed by atoms with van der Waals surface area (Å²) in [6.45, 7) is 0.307. The van der Waals surface area contributed by atoms with Crippen molar-refractivity contribution >= 4 is 23.9 Å². The highest BCUT2D eigenvalue weighted by Crippen LogP contribution is 2.46. The van der Waals surface area contributed by atoms with Crippen molar-refractivity contribution in [2.45, 2.75) is 19.3 Å². The quantitative estimate of drug-likeness (QED) is 0.174. The number of nitrogens with zero attached hydrogens (tertiary/aromatic N) is 3. The Balaban J connectivity index is 1.31. The fraction of sp³-hybridized carbons (Fsp3) is 0.108. The predicted octanol–water partition coefficient (Wildman–Crippen LogP) is 8.60. The zero-order valence-corrected chi connectivity index (χ0v) is 24.5. The molecule has 0 aliphatic carbocycles. The summed E-state index contributed by atoms with van der Waals surface area (Å²) in [7, 11) is 2.10. The number of anilines is 1. The van der Waals surface area contributed by atoms with E-state index in [-0.39, 0.29) is 5.41 Å². The maximum absolute atomic E-state index is 16.7. The summed E-state index contributed by atoms with van der Waals surface area (Å²) in [5.41, 5.74) is 7.87. The first-order valence-corrected chi connectivity index (χ1v) is 14.6. The van der Waals surface area contributed by atoms with E-state index in [1.54, 1.807) is 12.1 Å². The predicted molar refractivity (Wildman–Crippen MR) is 174 cm³/mol. The molecule has 212 valence electrons. The molecule has 0 bridgehead atoms. The number of allylic oxidation sites excluding steroid dienone is 9. The van der Waals surface area contributed by atoms with E-state index in [2.05, 4.69) is 56.1 Å². The lowest BCUT2D eigenvalue weighted by molar-refractivity contribution is -0.360. The smallest absolute Gasteiger partial charge is 0.389 e. The van der Waals surface area contributed by atoms with Crippen molar-refractivity contribution in [2.75, 3.05) is 11.9 Å². The van der Waals surface area contributed by atoms with E-state index in [1.165, 1.54) is 25.9 Å². The van der Waals surface area contributed by atoms with Gasteiger partial charge in [-0.25, -0.2) is 0 Å². The molecule has 4 aromatic rings. The Bertz CT molecular complexity index is 1920. The maximum atomic E-state index is 16.7. The van der Waals surface area contributed by atoms with Crippen LogP contribution in [0.15, 0.2) is 151 Å². The van der Waals surface area contributed by atoms with Gasteiger partial charge in [0.25, 0.3) is 0 Å². The molecule has 3 aromatic carbocycles. The summed E-state index contributed by atoms with van der Waals surface area (Å²) in [6, 6.07) is 30.9. The minimum absolute atomic E-state index is 0.117. The van der Waals surface area contributed by atoms with Crippen molar-refractivity contribution in [3.8, 4) is 11.3 Å². The normalized spacial score (nSPS) is 19.2. The molecule has 0 N–H and O–H groups in total. The fourth-order valence-electron chi connectivity index (χ4n) is 6.78. The van der Waals surface area contributed by atoms with Gasteiger partial charge in [0.2, 0.25) is 0 Å². The van der Waals surface area contributed by atoms with Crippen LogP contribution < -0.4 is 4.90 Å². The first-order valence-electron chi connectivity index (χ1n) is 14.6. The molecule has 0 saturated heterocycles. The van der Waals surface area contributed by atoms with Gasteiger partial charge in [-0.3, -0.25) is 0 Å². The third-order valence-electron chi connectivity index (χ3n) is 8.83. The number of halogens is 2. The van der Waals surface area contributed by atoms with Crippen molar-refractivity contribution in [1.82, 2.24) is 4.48 Å². The average molecular weight is 567 g/mol. The highest BCUT2D eigenvalue weighted by atomic mass is 19.2. The van der Waals surface area contributed by atoms with Gasteiger partial charge in [-0.2, -0.15) is 0 Å². The molecule has 0 spiro atoms. The van der Waals surface area contributed by atoms with Crippen molar-refractivity contribution in [2.24, 2.45) is 0 Å². The van der Waals surface area contributed by atoms with Crippen LogP contribution in [0.5, 0.6) is 0 Å². The SMILES string of the molecule is CN1\C(=C/C=C/C=C/C2=C3C=CC(c4ccccc4)=[N+]3[B-](F)(F)n3c2ccc3-c2ccccc2)C(C)(C)c2ccccc21. The van der Waals surface area contributed by atoms with Crippen molar-refractivity contribution < 1.29 is 13.1 Å². The van der Waals surface area contributed by atoms with Crippen LogP contribution in [0.4, 0.5) is 14.3 Å². The van der Waals surface area contributed by atoms with Crippen LogP contribution in [0.3, 0.4) is 0 Å². The molecule has 4 heterocycles. The molecule has 0 saturated carbocycles. The number of benzene rings is 3. The maximum Gasteiger partial charge on any atom is 0.737 e. The van der Waals surface area contributed by atoms with Crippen molar-refractivity contribution in [3.63, 3.8) is 0 Å². The zero-order chi connectivity index (χ0) is 29.8. The second-order valence-corrected chi connectivity index (χ2v) is 11.7. The fourth-order valence-corrected chi connectivity index (χ4v) is 6.78. The first kappa shape index (κ1) is 26.9. The van der Waals surface area contributed by atoms with Gasteiger partial charge in [0.15, 0.2) is 11.4 Å². The van der Waals surface area contributed by atoms with E-state index >= 15 is 8.63 Å². The minimum Gasteiger partial charge on any atom is -0.389 e. The molecule has 0 fully saturated rings. The third kappa shape index (κ3) is 4.20.